The van der Waals surface area contributed by atoms with Crippen LogP contribution >= 0.6 is 11.8 Å². The lowest BCUT2D eigenvalue weighted by atomic mass is 10.1. The molecule has 0 aliphatic carbocycles. The van der Waals surface area contributed by atoms with Crippen LogP contribution in [0.1, 0.15) is 19.4 Å². The summed E-state index contributed by atoms with van der Waals surface area (Å²) >= 11 is 1.77. The van der Waals surface area contributed by atoms with E-state index in [-0.39, 0.29) is 10.6 Å². The first kappa shape index (κ1) is 17.8. The number of benzene rings is 1. The second-order valence-electron chi connectivity index (χ2n) is 5.30. The van der Waals surface area contributed by atoms with Crippen molar-refractivity contribution >= 4 is 17.7 Å². The minimum absolute atomic E-state index is 0.103. The van der Waals surface area contributed by atoms with Gasteiger partial charge in [-0.1, -0.05) is 0 Å². The summed E-state index contributed by atoms with van der Waals surface area (Å²) in [6.45, 7) is 5.53. The van der Waals surface area contributed by atoms with Gasteiger partial charge in [-0.15, -0.1) is 0 Å². The molecular weight excluding hydrogens is 292 g/mol. The van der Waals surface area contributed by atoms with Crippen molar-refractivity contribution in [3.8, 4) is 0 Å². The summed E-state index contributed by atoms with van der Waals surface area (Å²) in [7, 11) is 1.68. The monoisotopic (exact) mass is 315 g/mol. The Morgan fingerprint density at radius 3 is 2.62 bits per heavy atom. The average Bonchev–Trinajstić information content (AvgIpc) is 2.46. The molecular formula is C15H23F2N3S. The van der Waals surface area contributed by atoms with Crippen molar-refractivity contribution in [2.75, 3.05) is 26.4 Å². The van der Waals surface area contributed by atoms with Gasteiger partial charge in [0.05, 0.1) is 0 Å². The van der Waals surface area contributed by atoms with Gasteiger partial charge in [-0.25, -0.2) is 8.78 Å². The first-order valence-electron chi connectivity index (χ1n) is 6.81. The molecule has 21 heavy (non-hydrogen) atoms. The lowest BCUT2D eigenvalue weighted by Gasteiger charge is -2.23. The van der Waals surface area contributed by atoms with Crippen LogP contribution in [0.2, 0.25) is 0 Å². The zero-order chi connectivity index (χ0) is 15.9. The summed E-state index contributed by atoms with van der Waals surface area (Å²) in [5.74, 6) is -0.144. The quantitative estimate of drug-likeness (QED) is 0.626. The Morgan fingerprint density at radius 2 is 2.00 bits per heavy atom. The molecule has 0 saturated heterocycles. The predicted octanol–water partition coefficient (Wildman–Crippen LogP) is 2.81. The number of hydrogen-bond donors (Lipinski definition) is 2. The van der Waals surface area contributed by atoms with Gasteiger partial charge in [-0.3, -0.25) is 4.99 Å². The van der Waals surface area contributed by atoms with Crippen LogP contribution in [-0.4, -0.2) is 37.1 Å². The first-order chi connectivity index (χ1) is 9.88. The van der Waals surface area contributed by atoms with E-state index in [2.05, 4.69) is 35.7 Å². The molecule has 0 unspecified atom stereocenters. The topological polar surface area (TPSA) is 36.4 Å². The minimum atomic E-state index is -0.421. The molecule has 118 valence electrons. The molecule has 1 aromatic carbocycles. The molecule has 0 amide bonds. The molecule has 1 aromatic rings. The third kappa shape index (κ3) is 6.33. The van der Waals surface area contributed by atoms with Gasteiger partial charge in [0.2, 0.25) is 0 Å². The summed E-state index contributed by atoms with van der Waals surface area (Å²) in [5, 5.41) is 6.32. The Hall–Kier alpha value is -1.30. The summed E-state index contributed by atoms with van der Waals surface area (Å²) in [6, 6.07) is 3.50. The third-order valence-electron chi connectivity index (χ3n) is 3.15. The van der Waals surface area contributed by atoms with Crippen LogP contribution in [0.25, 0.3) is 0 Å². The van der Waals surface area contributed by atoms with Gasteiger partial charge < -0.3 is 10.6 Å². The summed E-state index contributed by atoms with van der Waals surface area (Å²) in [5.41, 5.74) is 0.363. The maximum absolute atomic E-state index is 13.5. The highest BCUT2D eigenvalue weighted by atomic mass is 32.2. The fourth-order valence-electron chi connectivity index (χ4n) is 1.64. The van der Waals surface area contributed by atoms with Crippen molar-refractivity contribution in [3.63, 3.8) is 0 Å². The second-order valence-corrected chi connectivity index (χ2v) is 6.82. The SMILES string of the molecule is CN=C(NCCc1cc(F)ccc1F)NCC(C)(C)SC. The summed E-state index contributed by atoms with van der Waals surface area (Å²) in [4.78, 5) is 4.11. The number of nitrogens with one attached hydrogen (secondary N) is 2. The third-order valence-corrected chi connectivity index (χ3v) is 4.40. The Bertz CT molecular complexity index is 490. The number of nitrogens with zero attached hydrogens (tertiary/aromatic N) is 1. The van der Waals surface area contributed by atoms with Gasteiger partial charge >= 0.3 is 0 Å². The fourth-order valence-corrected chi connectivity index (χ4v) is 1.86. The lowest BCUT2D eigenvalue weighted by molar-refractivity contribution is 0.582. The van der Waals surface area contributed by atoms with Crippen LogP contribution < -0.4 is 10.6 Å². The molecule has 3 nitrogen and oxygen atoms in total. The zero-order valence-electron chi connectivity index (χ0n) is 13.0. The predicted molar refractivity (Wildman–Crippen MR) is 87.0 cm³/mol. The van der Waals surface area contributed by atoms with Crippen molar-refractivity contribution in [2.24, 2.45) is 4.99 Å². The van der Waals surface area contributed by atoms with Gasteiger partial charge in [0, 0.05) is 24.9 Å². The van der Waals surface area contributed by atoms with Crippen LogP contribution in [-0.2, 0) is 6.42 Å². The van der Waals surface area contributed by atoms with E-state index in [0.717, 1.165) is 18.7 Å². The molecule has 6 heteroatoms. The molecule has 0 spiro atoms. The fraction of sp³-hybridized carbons (Fsp3) is 0.533. The van der Waals surface area contributed by atoms with Crippen molar-refractivity contribution in [3.05, 3.63) is 35.4 Å². The van der Waals surface area contributed by atoms with Gasteiger partial charge in [0.15, 0.2) is 5.96 Å². The Morgan fingerprint density at radius 1 is 1.29 bits per heavy atom. The zero-order valence-corrected chi connectivity index (χ0v) is 13.8. The van der Waals surface area contributed by atoms with E-state index < -0.39 is 5.82 Å². The second kappa shape index (κ2) is 8.22. The number of guanidine groups is 1. The van der Waals surface area contributed by atoms with E-state index in [1.165, 1.54) is 6.07 Å². The van der Waals surface area contributed by atoms with E-state index >= 15 is 0 Å². The highest BCUT2D eigenvalue weighted by molar-refractivity contribution is 7.99. The maximum Gasteiger partial charge on any atom is 0.191 e. The van der Waals surface area contributed by atoms with Gasteiger partial charge in [0.25, 0.3) is 0 Å². The molecule has 0 aliphatic rings. The highest BCUT2D eigenvalue weighted by Gasteiger charge is 2.16. The minimum Gasteiger partial charge on any atom is -0.356 e. The van der Waals surface area contributed by atoms with Crippen molar-refractivity contribution in [1.29, 1.82) is 0 Å². The number of hydrogen-bond acceptors (Lipinski definition) is 2. The van der Waals surface area contributed by atoms with Crippen LogP contribution in [0.4, 0.5) is 8.78 Å². The van der Waals surface area contributed by atoms with E-state index in [9.17, 15) is 8.78 Å². The number of aliphatic imine (C=N–C) groups is 1. The normalized spacial score (nSPS) is 12.4. The average molecular weight is 315 g/mol. The Labute approximate surface area is 129 Å². The molecule has 0 fully saturated rings. The van der Waals surface area contributed by atoms with Crippen molar-refractivity contribution in [1.82, 2.24) is 10.6 Å². The summed E-state index contributed by atoms with van der Waals surface area (Å²) < 4.78 is 26.7. The van der Waals surface area contributed by atoms with Gasteiger partial charge in [0.1, 0.15) is 11.6 Å². The Kier molecular flexibility index (Phi) is 6.95. The van der Waals surface area contributed by atoms with E-state index in [1.54, 1.807) is 18.8 Å². The summed E-state index contributed by atoms with van der Waals surface area (Å²) in [6.07, 6.45) is 2.46. The van der Waals surface area contributed by atoms with Crippen LogP contribution in [0.3, 0.4) is 0 Å². The Balaban J connectivity index is 2.44. The lowest BCUT2D eigenvalue weighted by Crippen LogP contribution is -2.43. The van der Waals surface area contributed by atoms with Crippen molar-refractivity contribution < 1.29 is 8.78 Å². The molecule has 0 aliphatic heterocycles. The van der Waals surface area contributed by atoms with E-state index in [4.69, 9.17) is 0 Å². The van der Waals surface area contributed by atoms with Crippen molar-refractivity contribution in [2.45, 2.75) is 25.0 Å². The molecule has 0 radical (unpaired) electrons. The molecule has 0 saturated carbocycles. The van der Waals surface area contributed by atoms with Crippen LogP contribution in [0.15, 0.2) is 23.2 Å². The smallest absolute Gasteiger partial charge is 0.191 e. The van der Waals surface area contributed by atoms with E-state index in [0.29, 0.717) is 24.5 Å². The molecule has 1 rings (SSSR count). The van der Waals surface area contributed by atoms with Gasteiger partial charge in [-0.05, 0) is 50.3 Å². The first-order valence-corrected chi connectivity index (χ1v) is 8.04. The molecule has 2 N–H and O–H groups in total. The van der Waals surface area contributed by atoms with Crippen LogP contribution in [0.5, 0.6) is 0 Å². The van der Waals surface area contributed by atoms with E-state index in [1.807, 2.05) is 0 Å². The highest BCUT2D eigenvalue weighted by Crippen LogP contribution is 2.19. The van der Waals surface area contributed by atoms with Crippen LogP contribution in [0, 0.1) is 11.6 Å². The number of halogens is 2. The molecule has 0 bridgehead atoms. The largest absolute Gasteiger partial charge is 0.356 e. The maximum atomic E-state index is 13.5. The molecule has 0 aromatic heterocycles. The molecule has 0 atom stereocenters. The number of thioether (sulfide) groups is 1. The molecule has 0 heterocycles. The standard InChI is InChI=1S/C15H23F2N3S/c1-15(2,21-4)10-20-14(18-3)19-8-7-11-9-12(16)5-6-13(11)17/h5-6,9H,7-8,10H2,1-4H3,(H2,18,19,20). The van der Waals surface area contributed by atoms with Gasteiger partial charge in [-0.2, -0.15) is 11.8 Å². The number of rotatable bonds is 6.